The summed E-state index contributed by atoms with van der Waals surface area (Å²) in [6, 6.07) is 4.09. The topological polar surface area (TPSA) is 84.0 Å². The van der Waals surface area contributed by atoms with Gasteiger partial charge in [0, 0.05) is 11.1 Å². The molecule has 6 nitrogen and oxygen atoms in total. The highest BCUT2D eigenvalue weighted by Gasteiger charge is 2.22. The molecule has 2 amide bonds. The molecule has 0 unspecified atom stereocenters. The Labute approximate surface area is 162 Å². The van der Waals surface area contributed by atoms with E-state index in [4.69, 9.17) is 0 Å². The lowest BCUT2D eigenvalue weighted by Crippen LogP contribution is -2.27. The second kappa shape index (κ2) is 8.18. The number of nitrogens with zero attached hydrogens (tertiary/aromatic N) is 2. The first-order valence-electron chi connectivity index (χ1n) is 8.21. The molecule has 2 N–H and O–H groups in total. The highest BCUT2D eigenvalue weighted by atomic mass is 32.2. The first-order valence-corrected chi connectivity index (χ1v) is 10.0. The maximum Gasteiger partial charge on any atom is 0.234 e. The lowest BCUT2D eigenvalue weighted by atomic mass is 9.96. The Morgan fingerprint density at radius 3 is 2.27 bits per heavy atom. The van der Waals surface area contributed by atoms with Crippen LogP contribution in [0, 0.1) is 26.2 Å². The fraction of sp³-hybridized carbons (Fsp3) is 0.444. The molecule has 8 heteroatoms. The molecule has 26 heavy (non-hydrogen) atoms. The van der Waals surface area contributed by atoms with Crippen LogP contribution in [-0.2, 0) is 9.59 Å². The van der Waals surface area contributed by atoms with Crippen LogP contribution in [0.1, 0.15) is 37.5 Å². The van der Waals surface area contributed by atoms with Crippen LogP contribution < -0.4 is 10.6 Å². The normalized spacial score (nSPS) is 11.3. The van der Waals surface area contributed by atoms with E-state index in [1.807, 2.05) is 53.7 Å². The van der Waals surface area contributed by atoms with E-state index in [2.05, 4.69) is 20.8 Å². The van der Waals surface area contributed by atoms with Gasteiger partial charge in [-0.2, -0.15) is 0 Å². The van der Waals surface area contributed by atoms with Crippen molar-refractivity contribution in [3.8, 4) is 0 Å². The number of aromatic nitrogens is 2. The number of carbonyl (C=O) groups excluding carboxylic acids is 2. The van der Waals surface area contributed by atoms with Crippen LogP contribution in [0.15, 0.2) is 16.5 Å². The summed E-state index contributed by atoms with van der Waals surface area (Å²) >= 11 is 2.56. The molecule has 2 rings (SSSR count). The average Bonchev–Trinajstić information content (AvgIpc) is 2.95. The monoisotopic (exact) mass is 392 g/mol. The number of benzene rings is 1. The van der Waals surface area contributed by atoms with Crippen molar-refractivity contribution in [1.82, 2.24) is 10.2 Å². The summed E-state index contributed by atoms with van der Waals surface area (Å²) in [4.78, 5) is 24.2. The van der Waals surface area contributed by atoms with Gasteiger partial charge >= 0.3 is 0 Å². The van der Waals surface area contributed by atoms with Gasteiger partial charge in [-0.25, -0.2) is 0 Å². The van der Waals surface area contributed by atoms with Gasteiger partial charge in [0.1, 0.15) is 0 Å². The van der Waals surface area contributed by atoms with Crippen molar-refractivity contribution in [2.75, 3.05) is 16.4 Å². The number of anilines is 2. The van der Waals surface area contributed by atoms with Crippen molar-refractivity contribution in [3.63, 3.8) is 0 Å². The zero-order valence-electron chi connectivity index (χ0n) is 15.9. The summed E-state index contributed by atoms with van der Waals surface area (Å²) in [5, 5.41) is 14.1. The van der Waals surface area contributed by atoms with Gasteiger partial charge in [-0.05, 0) is 31.9 Å². The zero-order valence-corrected chi connectivity index (χ0v) is 17.5. The summed E-state index contributed by atoms with van der Waals surface area (Å²) in [6.07, 6.45) is 0. The Hall–Kier alpha value is -1.93. The van der Waals surface area contributed by atoms with Crippen molar-refractivity contribution < 1.29 is 9.59 Å². The third-order valence-corrected chi connectivity index (χ3v) is 5.55. The van der Waals surface area contributed by atoms with Crippen LogP contribution in [0.4, 0.5) is 10.8 Å². The molecule has 0 bridgehead atoms. The molecule has 1 heterocycles. The van der Waals surface area contributed by atoms with E-state index in [0.29, 0.717) is 9.47 Å². The minimum Gasteiger partial charge on any atom is -0.325 e. The Balaban J connectivity index is 1.92. The smallest absolute Gasteiger partial charge is 0.234 e. The van der Waals surface area contributed by atoms with Gasteiger partial charge in [-0.1, -0.05) is 61.6 Å². The van der Waals surface area contributed by atoms with Crippen LogP contribution in [0.5, 0.6) is 0 Å². The number of nitrogens with one attached hydrogen (secondary N) is 2. The second-order valence-corrected chi connectivity index (χ2v) is 9.39. The predicted octanol–water partition coefficient (Wildman–Crippen LogP) is 4.18. The van der Waals surface area contributed by atoms with Crippen LogP contribution in [0.2, 0.25) is 0 Å². The molecule has 2 aromatic rings. The molecular formula is C18H24N4O2S2. The van der Waals surface area contributed by atoms with Crippen molar-refractivity contribution >= 4 is 45.7 Å². The lowest BCUT2D eigenvalue weighted by Gasteiger charge is -2.15. The molecule has 0 radical (unpaired) electrons. The van der Waals surface area contributed by atoms with E-state index in [1.54, 1.807) is 0 Å². The predicted molar refractivity (Wildman–Crippen MR) is 108 cm³/mol. The van der Waals surface area contributed by atoms with Crippen LogP contribution in [0.25, 0.3) is 0 Å². The molecule has 0 saturated heterocycles. The van der Waals surface area contributed by atoms with E-state index in [0.717, 1.165) is 16.8 Å². The summed E-state index contributed by atoms with van der Waals surface area (Å²) in [6.45, 7) is 11.5. The molecule has 1 aromatic heterocycles. The number of rotatable bonds is 5. The highest BCUT2D eigenvalue weighted by molar-refractivity contribution is 8.01. The molecule has 0 aliphatic rings. The minimum absolute atomic E-state index is 0.0967. The summed E-state index contributed by atoms with van der Waals surface area (Å²) < 4.78 is 0.640. The number of amides is 2. The van der Waals surface area contributed by atoms with Crippen molar-refractivity contribution in [1.29, 1.82) is 0 Å². The molecule has 0 aliphatic carbocycles. The first-order chi connectivity index (χ1) is 12.1. The second-order valence-electron chi connectivity index (χ2n) is 7.19. The summed E-state index contributed by atoms with van der Waals surface area (Å²) in [5.74, 6) is 0.0167. The van der Waals surface area contributed by atoms with Gasteiger partial charge in [0.2, 0.25) is 16.9 Å². The van der Waals surface area contributed by atoms with Crippen molar-refractivity contribution in [2.24, 2.45) is 5.41 Å². The molecule has 0 aliphatic heterocycles. The standard InChI is InChI=1S/C18H24N4O2S2/c1-10-7-11(2)14(12(3)8-10)19-13(23)9-25-17-22-21-16(26-17)20-15(24)18(4,5)6/h7-8H,9H2,1-6H3,(H,19,23)(H,20,21,24). The lowest BCUT2D eigenvalue weighted by molar-refractivity contribution is -0.123. The summed E-state index contributed by atoms with van der Waals surface area (Å²) in [7, 11) is 0. The highest BCUT2D eigenvalue weighted by Crippen LogP contribution is 2.27. The van der Waals surface area contributed by atoms with Gasteiger partial charge in [0.25, 0.3) is 0 Å². The van der Waals surface area contributed by atoms with Gasteiger partial charge in [0.15, 0.2) is 4.34 Å². The van der Waals surface area contributed by atoms with E-state index in [-0.39, 0.29) is 17.6 Å². The molecule has 0 spiro atoms. The number of aryl methyl sites for hydroxylation is 3. The molecular weight excluding hydrogens is 368 g/mol. The quantitative estimate of drug-likeness (QED) is 0.589. The Morgan fingerprint density at radius 2 is 1.69 bits per heavy atom. The van der Waals surface area contributed by atoms with Crippen molar-refractivity contribution in [2.45, 2.75) is 45.9 Å². The van der Waals surface area contributed by atoms with Gasteiger partial charge in [0.05, 0.1) is 5.75 Å². The maximum absolute atomic E-state index is 12.2. The SMILES string of the molecule is Cc1cc(C)c(NC(=O)CSc2nnc(NC(=O)C(C)(C)C)s2)c(C)c1. The molecule has 0 fully saturated rings. The molecule has 0 saturated carbocycles. The van der Waals surface area contributed by atoms with Gasteiger partial charge < -0.3 is 10.6 Å². The average molecular weight is 393 g/mol. The van der Waals surface area contributed by atoms with E-state index in [9.17, 15) is 9.59 Å². The number of hydrogen-bond donors (Lipinski definition) is 2. The Bertz CT molecular complexity index is 802. The minimum atomic E-state index is -0.497. The number of thioether (sulfide) groups is 1. The van der Waals surface area contributed by atoms with Gasteiger partial charge in [-0.3, -0.25) is 9.59 Å². The van der Waals surface area contributed by atoms with Crippen LogP contribution >= 0.6 is 23.1 Å². The number of hydrogen-bond acceptors (Lipinski definition) is 6. The van der Waals surface area contributed by atoms with E-state index < -0.39 is 5.41 Å². The summed E-state index contributed by atoms with van der Waals surface area (Å²) in [5.41, 5.74) is 3.62. The Morgan fingerprint density at radius 1 is 1.08 bits per heavy atom. The van der Waals surface area contributed by atoms with E-state index >= 15 is 0 Å². The zero-order chi connectivity index (χ0) is 19.5. The van der Waals surface area contributed by atoms with Crippen molar-refractivity contribution in [3.05, 3.63) is 28.8 Å². The first kappa shape index (κ1) is 20.4. The fourth-order valence-electron chi connectivity index (χ4n) is 2.28. The molecule has 140 valence electrons. The third-order valence-electron chi connectivity index (χ3n) is 3.58. The largest absolute Gasteiger partial charge is 0.325 e. The van der Waals surface area contributed by atoms with E-state index in [1.165, 1.54) is 28.7 Å². The van der Waals surface area contributed by atoms with Crippen LogP contribution in [0.3, 0.4) is 0 Å². The fourth-order valence-corrected chi connectivity index (χ4v) is 3.83. The number of carbonyl (C=O) groups is 2. The third kappa shape index (κ3) is 5.54. The van der Waals surface area contributed by atoms with Gasteiger partial charge in [-0.15, -0.1) is 10.2 Å². The molecule has 1 aromatic carbocycles. The van der Waals surface area contributed by atoms with Crippen LogP contribution in [-0.4, -0.2) is 27.8 Å². The maximum atomic E-state index is 12.2. The Kier molecular flexibility index (Phi) is 6.41. The molecule has 0 atom stereocenters.